The second-order valence-electron chi connectivity index (χ2n) is 6.22. The molecule has 1 saturated heterocycles. The Labute approximate surface area is 150 Å². The van der Waals surface area contributed by atoms with E-state index in [0.29, 0.717) is 18.7 Å². The molecule has 1 aromatic rings. The van der Waals surface area contributed by atoms with Crippen LogP contribution in [0.15, 0.2) is 24.3 Å². The second-order valence-corrected chi connectivity index (χ2v) is 6.22. The van der Waals surface area contributed by atoms with Crippen LogP contribution in [0.1, 0.15) is 50.4 Å². The van der Waals surface area contributed by atoms with Gasteiger partial charge in [-0.25, -0.2) is 0 Å². The van der Waals surface area contributed by atoms with Crippen molar-refractivity contribution in [2.75, 3.05) is 25.0 Å². The van der Waals surface area contributed by atoms with Crippen molar-refractivity contribution in [2.45, 2.75) is 45.6 Å². The summed E-state index contributed by atoms with van der Waals surface area (Å²) in [5.74, 6) is 0.00815. The van der Waals surface area contributed by atoms with Gasteiger partial charge in [-0.2, -0.15) is 0 Å². The fourth-order valence-corrected chi connectivity index (χ4v) is 2.91. The maximum absolute atomic E-state index is 12.5. The minimum atomic E-state index is -0.506. The molecule has 0 saturated carbocycles. The van der Waals surface area contributed by atoms with Gasteiger partial charge in [0.2, 0.25) is 5.91 Å². The second kappa shape index (κ2) is 9.04. The van der Waals surface area contributed by atoms with E-state index in [1.165, 1.54) is 0 Å². The van der Waals surface area contributed by atoms with Gasteiger partial charge in [0.05, 0.1) is 5.54 Å². The number of hydrogen-bond acceptors (Lipinski definition) is 3. The van der Waals surface area contributed by atoms with E-state index in [0.717, 1.165) is 31.5 Å². The fourth-order valence-electron chi connectivity index (χ4n) is 2.91. The number of hydrogen-bond donors (Lipinski definition) is 2. The van der Waals surface area contributed by atoms with Crippen LogP contribution in [0, 0.1) is 0 Å². The summed E-state index contributed by atoms with van der Waals surface area (Å²) in [6.07, 6.45) is 3.02. The average Bonchev–Trinajstić information content (AvgIpc) is 2.57. The fraction of sp³-hybridized carbons (Fsp3) is 0.556. The third-order valence-electron chi connectivity index (χ3n) is 4.56. The van der Waals surface area contributed by atoms with E-state index < -0.39 is 5.54 Å². The Hall–Kier alpha value is -1.59. The van der Waals surface area contributed by atoms with Gasteiger partial charge < -0.3 is 15.5 Å². The monoisotopic (exact) mass is 353 g/mol. The Morgan fingerprint density at radius 1 is 1.17 bits per heavy atom. The Morgan fingerprint density at radius 2 is 1.79 bits per heavy atom. The first-order chi connectivity index (χ1) is 11.0. The van der Waals surface area contributed by atoms with Crippen molar-refractivity contribution in [3.05, 3.63) is 29.8 Å². The third kappa shape index (κ3) is 4.71. The lowest BCUT2D eigenvalue weighted by molar-refractivity contribution is -0.122. The van der Waals surface area contributed by atoms with Gasteiger partial charge in [0.15, 0.2) is 0 Å². The topological polar surface area (TPSA) is 61.4 Å². The maximum Gasteiger partial charge on any atom is 0.253 e. The Bertz CT molecular complexity index is 550. The zero-order valence-electron chi connectivity index (χ0n) is 14.7. The highest BCUT2D eigenvalue weighted by Gasteiger charge is 2.34. The van der Waals surface area contributed by atoms with E-state index in [4.69, 9.17) is 0 Å². The first-order valence-corrected chi connectivity index (χ1v) is 8.46. The highest BCUT2D eigenvalue weighted by Crippen LogP contribution is 2.21. The van der Waals surface area contributed by atoms with Crippen LogP contribution in [0.25, 0.3) is 0 Å². The summed E-state index contributed by atoms with van der Waals surface area (Å²) in [6.45, 7) is 8.14. The zero-order chi connectivity index (χ0) is 16.9. The van der Waals surface area contributed by atoms with Crippen molar-refractivity contribution < 1.29 is 9.59 Å². The summed E-state index contributed by atoms with van der Waals surface area (Å²) in [4.78, 5) is 26.5. The van der Waals surface area contributed by atoms with Crippen LogP contribution in [0.3, 0.4) is 0 Å². The van der Waals surface area contributed by atoms with E-state index in [1.807, 2.05) is 20.8 Å². The highest BCUT2D eigenvalue weighted by atomic mass is 35.5. The van der Waals surface area contributed by atoms with Crippen LogP contribution in [0.4, 0.5) is 5.69 Å². The van der Waals surface area contributed by atoms with Crippen molar-refractivity contribution in [1.29, 1.82) is 0 Å². The molecule has 0 spiro atoms. The van der Waals surface area contributed by atoms with Gasteiger partial charge in [-0.3, -0.25) is 9.59 Å². The number of carbonyl (C=O) groups excluding carboxylic acids is 2. The largest absolute Gasteiger partial charge is 0.339 e. The lowest BCUT2D eigenvalue weighted by Crippen LogP contribution is -2.54. The molecule has 2 rings (SSSR count). The summed E-state index contributed by atoms with van der Waals surface area (Å²) in [5.41, 5.74) is 0.863. The van der Waals surface area contributed by atoms with Crippen LogP contribution in [0.5, 0.6) is 0 Å². The van der Waals surface area contributed by atoms with Crippen LogP contribution in [-0.2, 0) is 4.79 Å². The standard InChI is InChI=1S/C18H27N3O2.ClH/c1-4-21(5-2)16(22)14-8-10-15(11-9-14)20-17(23)18(3)12-6-7-13-19-18;/h8-11,19H,4-7,12-13H2,1-3H3,(H,20,23);1H. The van der Waals surface area contributed by atoms with E-state index in [1.54, 1.807) is 29.2 Å². The number of piperidine rings is 1. The van der Waals surface area contributed by atoms with Crippen LogP contribution >= 0.6 is 12.4 Å². The zero-order valence-corrected chi connectivity index (χ0v) is 15.5. The Kier molecular flexibility index (Phi) is 7.70. The van der Waals surface area contributed by atoms with Gasteiger partial charge in [-0.15, -0.1) is 12.4 Å². The number of amides is 2. The summed E-state index contributed by atoms with van der Waals surface area (Å²) in [6, 6.07) is 7.13. The maximum atomic E-state index is 12.5. The van der Waals surface area contributed by atoms with Gasteiger partial charge in [-0.1, -0.05) is 0 Å². The Morgan fingerprint density at radius 3 is 2.29 bits per heavy atom. The molecule has 24 heavy (non-hydrogen) atoms. The van der Waals surface area contributed by atoms with E-state index >= 15 is 0 Å². The first kappa shape index (κ1) is 20.5. The molecule has 0 aliphatic carbocycles. The molecule has 0 radical (unpaired) electrons. The molecule has 1 unspecified atom stereocenters. The van der Waals surface area contributed by atoms with Crippen molar-refractivity contribution >= 4 is 29.9 Å². The molecule has 6 heteroatoms. The van der Waals surface area contributed by atoms with E-state index in [-0.39, 0.29) is 24.2 Å². The summed E-state index contributed by atoms with van der Waals surface area (Å²) < 4.78 is 0. The molecule has 5 nitrogen and oxygen atoms in total. The van der Waals surface area contributed by atoms with Crippen molar-refractivity contribution in [1.82, 2.24) is 10.2 Å². The quantitative estimate of drug-likeness (QED) is 0.855. The van der Waals surface area contributed by atoms with Gasteiger partial charge in [0.1, 0.15) is 0 Å². The first-order valence-electron chi connectivity index (χ1n) is 8.46. The van der Waals surface area contributed by atoms with Crippen LogP contribution < -0.4 is 10.6 Å². The predicted octanol–water partition coefficient (Wildman–Crippen LogP) is 3.06. The smallest absolute Gasteiger partial charge is 0.253 e. The summed E-state index contributed by atoms with van der Waals surface area (Å²) in [7, 11) is 0. The summed E-state index contributed by atoms with van der Waals surface area (Å²) in [5, 5.41) is 6.25. The molecule has 2 N–H and O–H groups in total. The molecule has 1 aliphatic heterocycles. The van der Waals surface area contributed by atoms with Gasteiger partial charge in [0.25, 0.3) is 5.91 Å². The lowest BCUT2D eigenvalue weighted by atomic mass is 9.90. The lowest BCUT2D eigenvalue weighted by Gasteiger charge is -2.33. The van der Waals surface area contributed by atoms with Gasteiger partial charge in [-0.05, 0) is 70.8 Å². The molecule has 0 aromatic heterocycles. The molecule has 1 aromatic carbocycles. The molecule has 1 fully saturated rings. The Balaban J connectivity index is 0.00000288. The number of rotatable bonds is 5. The molecular weight excluding hydrogens is 326 g/mol. The van der Waals surface area contributed by atoms with E-state index in [2.05, 4.69) is 10.6 Å². The molecule has 2 amide bonds. The number of benzene rings is 1. The number of nitrogens with zero attached hydrogens (tertiary/aromatic N) is 1. The number of anilines is 1. The van der Waals surface area contributed by atoms with Crippen molar-refractivity contribution in [2.24, 2.45) is 0 Å². The van der Waals surface area contributed by atoms with E-state index in [9.17, 15) is 9.59 Å². The molecular formula is C18H28ClN3O2. The minimum absolute atomic E-state index is 0. The SMILES string of the molecule is CCN(CC)C(=O)c1ccc(NC(=O)C2(C)CCCCN2)cc1.Cl. The molecule has 1 atom stereocenters. The highest BCUT2D eigenvalue weighted by molar-refractivity contribution is 5.99. The van der Waals surface area contributed by atoms with Gasteiger partial charge >= 0.3 is 0 Å². The molecule has 1 heterocycles. The number of carbonyl (C=O) groups is 2. The molecule has 134 valence electrons. The number of nitrogens with one attached hydrogen (secondary N) is 2. The predicted molar refractivity (Wildman–Crippen MR) is 99.8 cm³/mol. The summed E-state index contributed by atoms with van der Waals surface area (Å²) >= 11 is 0. The third-order valence-corrected chi connectivity index (χ3v) is 4.56. The van der Waals surface area contributed by atoms with Crippen LogP contribution in [0.2, 0.25) is 0 Å². The molecule has 1 aliphatic rings. The van der Waals surface area contributed by atoms with Crippen molar-refractivity contribution in [3.8, 4) is 0 Å². The van der Waals surface area contributed by atoms with Crippen molar-refractivity contribution in [3.63, 3.8) is 0 Å². The number of halogens is 1. The minimum Gasteiger partial charge on any atom is -0.339 e. The molecule has 0 bridgehead atoms. The average molecular weight is 354 g/mol. The normalized spacial score (nSPS) is 20.0. The van der Waals surface area contributed by atoms with Crippen LogP contribution in [-0.4, -0.2) is 41.9 Å². The van der Waals surface area contributed by atoms with Gasteiger partial charge in [0, 0.05) is 24.3 Å².